The Balaban J connectivity index is 3.92. The van der Waals surface area contributed by atoms with Gasteiger partial charge in [0.15, 0.2) is 0 Å². The Morgan fingerprint density at radius 1 is 0.500 bits per heavy atom. The molecule has 0 aromatic rings. The van der Waals surface area contributed by atoms with Crippen molar-refractivity contribution < 1.29 is 19.1 Å². The summed E-state index contributed by atoms with van der Waals surface area (Å²) in [5, 5.41) is 0. The molecule has 0 N–H and O–H groups in total. The maximum Gasteiger partial charge on any atom is 0.305 e. The van der Waals surface area contributed by atoms with Crippen molar-refractivity contribution in [2.75, 3.05) is 52.3 Å². The van der Waals surface area contributed by atoms with E-state index in [-0.39, 0.29) is 19.9 Å². The van der Waals surface area contributed by atoms with Crippen molar-refractivity contribution in [2.45, 2.75) is 168 Å². The molecule has 0 saturated carbocycles. The summed E-state index contributed by atoms with van der Waals surface area (Å²) in [4.78, 5) is 26.3. The number of allylic oxidation sites excluding steroid dienone is 2. The van der Waals surface area contributed by atoms with Crippen LogP contribution >= 0.6 is 7.92 Å². The third kappa shape index (κ3) is 35.7. The second-order valence-electron chi connectivity index (χ2n) is 13.3. The molecule has 0 unspecified atom stereocenters. The fraction of sp³-hybridized carbons (Fsp3) is 0.850. The molecule has 0 aromatic carbocycles. The van der Waals surface area contributed by atoms with Gasteiger partial charge in [0, 0.05) is 12.8 Å². The highest BCUT2D eigenvalue weighted by Crippen LogP contribution is 2.39. The van der Waals surface area contributed by atoms with Gasteiger partial charge in [-0.25, -0.2) is 0 Å². The number of rotatable bonds is 35. The van der Waals surface area contributed by atoms with E-state index >= 15 is 0 Å². The quantitative estimate of drug-likeness (QED) is 0.0292. The fourth-order valence-electron chi connectivity index (χ4n) is 5.49. The van der Waals surface area contributed by atoms with Crippen molar-refractivity contribution in [3.63, 3.8) is 0 Å². The Bertz CT molecular complexity index is 672. The summed E-state index contributed by atoms with van der Waals surface area (Å²) in [6.07, 6.45) is 40.2. The first-order valence-electron chi connectivity index (χ1n) is 19.5. The molecule has 0 bridgehead atoms. The number of unbranched alkanes of at least 4 members (excludes halogenated alkanes) is 15. The molecular formula is C40H76NO4P. The van der Waals surface area contributed by atoms with E-state index in [2.05, 4.69) is 57.1 Å². The first kappa shape index (κ1) is 44.8. The minimum Gasteiger partial charge on any atom is -0.465 e. The van der Waals surface area contributed by atoms with Crippen LogP contribution in [0.3, 0.4) is 0 Å². The SMILES string of the molecule is CCCCC/C=C\CCOC(=O)CCCCCCCP(CCCCCCCC(=O)OCC/C=C\CCCCC)CCCCN(C)C. The van der Waals surface area contributed by atoms with Crippen LogP contribution in [0.2, 0.25) is 0 Å². The monoisotopic (exact) mass is 666 g/mol. The maximum absolute atomic E-state index is 12.0. The molecular weight excluding hydrogens is 589 g/mol. The lowest BCUT2D eigenvalue weighted by molar-refractivity contribution is -0.144. The summed E-state index contributed by atoms with van der Waals surface area (Å²) in [7, 11) is 4.47. The van der Waals surface area contributed by atoms with Crippen LogP contribution < -0.4 is 0 Å². The highest BCUT2D eigenvalue weighted by molar-refractivity contribution is 7.57. The third-order valence-electron chi connectivity index (χ3n) is 8.42. The van der Waals surface area contributed by atoms with Crippen molar-refractivity contribution in [3.05, 3.63) is 24.3 Å². The molecule has 270 valence electrons. The highest BCUT2D eigenvalue weighted by Gasteiger charge is 2.09. The van der Waals surface area contributed by atoms with Crippen LogP contribution in [0, 0.1) is 0 Å². The van der Waals surface area contributed by atoms with Crippen LogP contribution in [0.5, 0.6) is 0 Å². The van der Waals surface area contributed by atoms with Gasteiger partial charge in [0.05, 0.1) is 13.2 Å². The van der Waals surface area contributed by atoms with Gasteiger partial charge in [-0.2, -0.15) is 0 Å². The number of esters is 2. The molecule has 0 aromatic heterocycles. The molecule has 0 fully saturated rings. The van der Waals surface area contributed by atoms with E-state index in [1.165, 1.54) is 115 Å². The van der Waals surface area contributed by atoms with E-state index < -0.39 is 0 Å². The van der Waals surface area contributed by atoms with E-state index in [0.29, 0.717) is 26.1 Å². The number of ether oxygens (including phenoxy) is 2. The van der Waals surface area contributed by atoms with Crippen LogP contribution in [0.1, 0.15) is 168 Å². The first-order chi connectivity index (χ1) is 22.5. The summed E-state index contributed by atoms with van der Waals surface area (Å²) in [6.45, 7) is 6.68. The summed E-state index contributed by atoms with van der Waals surface area (Å²) < 4.78 is 10.8. The lowest BCUT2D eigenvalue weighted by atomic mass is 10.1. The number of nitrogens with zero attached hydrogens (tertiary/aromatic N) is 1. The zero-order valence-corrected chi connectivity index (χ0v) is 31.9. The Kier molecular flexibility index (Phi) is 35.7. The number of carbonyl (C=O) groups is 2. The summed E-state index contributed by atoms with van der Waals surface area (Å²) in [5.41, 5.74) is 0. The maximum atomic E-state index is 12.0. The molecule has 0 atom stereocenters. The van der Waals surface area contributed by atoms with E-state index in [1.807, 2.05) is 0 Å². The molecule has 0 aliphatic heterocycles. The Morgan fingerprint density at radius 3 is 1.33 bits per heavy atom. The minimum atomic E-state index is -0.0305. The molecule has 0 rings (SSSR count). The second-order valence-corrected chi connectivity index (χ2v) is 16.0. The molecule has 46 heavy (non-hydrogen) atoms. The predicted octanol–water partition coefficient (Wildman–Crippen LogP) is 11.6. The average molecular weight is 666 g/mol. The largest absolute Gasteiger partial charge is 0.465 e. The number of hydrogen-bond donors (Lipinski definition) is 0. The third-order valence-corrected chi connectivity index (χ3v) is 11.3. The average Bonchev–Trinajstić information content (AvgIpc) is 3.04. The molecule has 5 nitrogen and oxygen atoms in total. The Labute approximate surface area is 287 Å². The van der Waals surface area contributed by atoms with Gasteiger partial charge in [0.2, 0.25) is 0 Å². The van der Waals surface area contributed by atoms with Gasteiger partial charge in [0.25, 0.3) is 0 Å². The van der Waals surface area contributed by atoms with Crippen molar-refractivity contribution in [1.82, 2.24) is 4.90 Å². The van der Waals surface area contributed by atoms with Gasteiger partial charge in [-0.05, 0) is 116 Å². The molecule has 6 heteroatoms. The van der Waals surface area contributed by atoms with Crippen molar-refractivity contribution >= 4 is 19.9 Å². The number of hydrogen-bond acceptors (Lipinski definition) is 5. The van der Waals surface area contributed by atoms with Gasteiger partial charge < -0.3 is 14.4 Å². The second kappa shape index (κ2) is 36.6. The topological polar surface area (TPSA) is 55.8 Å². The number of carbonyl (C=O) groups excluding carboxylic acids is 2. The van der Waals surface area contributed by atoms with Crippen molar-refractivity contribution in [2.24, 2.45) is 0 Å². The highest BCUT2D eigenvalue weighted by atomic mass is 31.1. The summed E-state index contributed by atoms with van der Waals surface area (Å²) >= 11 is 0. The smallest absolute Gasteiger partial charge is 0.305 e. The fourth-order valence-corrected chi connectivity index (χ4v) is 8.17. The Morgan fingerprint density at radius 2 is 0.891 bits per heavy atom. The zero-order chi connectivity index (χ0) is 33.8. The van der Waals surface area contributed by atoms with Crippen molar-refractivity contribution in [1.29, 1.82) is 0 Å². The predicted molar refractivity (Wildman–Crippen MR) is 202 cm³/mol. The van der Waals surface area contributed by atoms with Crippen LogP contribution in [0.25, 0.3) is 0 Å². The minimum absolute atomic E-state index is 0.0305. The van der Waals surface area contributed by atoms with Gasteiger partial charge >= 0.3 is 11.9 Å². The summed E-state index contributed by atoms with van der Waals surface area (Å²) in [6, 6.07) is 0. The van der Waals surface area contributed by atoms with Crippen LogP contribution in [-0.2, 0) is 19.1 Å². The van der Waals surface area contributed by atoms with E-state index in [1.54, 1.807) is 0 Å². The molecule has 0 aliphatic carbocycles. The molecule has 0 aliphatic rings. The lowest BCUT2D eigenvalue weighted by Gasteiger charge is -2.18. The van der Waals surface area contributed by atoms with Gasteiger partial charge in [-0.1, -0.05) is 102 Å². The molecule has 0 heterocycles. The van der Waals surface area contributed by atoms with E-state index in [9.17, 15) is 9.59 Å². The van der Waals surface area contributed by atoms with E-state index in [0.717, 1.165) is 51.4 Å². The van der Waals surface area contributed by atoms with Crippen LogP contribution in [-0.4, -0.2) is 69.2 Å². The molecule has 0 saturated heterocycles. The molecule has 0 spiro atoms. The molecule has 0 radical (unpaired) electrons. The first-order valence-corrected chi connectivity index (χ1v) is 21.4. The van der Waals surface area contributed by atoms with Gasteiger partial charge in [-0.15, -0.1) is 7.92 Å². The lowest BCUT2D eigenvalue weighted by Crippen LogP contribution is -2.13. The Hall–Kier alpha value is -1.19. The van der Waals surface area contributed by atoms with Gasteiger partial charge in [0.1, 0.15) is 0 Å². The van der Waals surface area contributed by atoms with Gasteiger partial charge in [-0.3, -0.25) is 9.59 Å². The van der Waals surface area contributed by atoms with Crippen LogP contribution in [0.15, 0.2) is 24.3 Å². The standard InChI is InChI=1S/C40H76NO4P/c1-5-7-9-11-13-19-26-34-44-39(42)31-23-17-15-21-28-36-46(38-30-25-33-41(3)4)37-29-22-16-18-24-32-40(43)45-35-27-20-14-12-10-8-6-2/h13-14,19-20H,5-12,15-18,21-38H2,1-4H3/b19-13-,20-14-. The van der Waals surface area contributed by atoms with Crippen LogP contribution in [0.4, 0.5) is 0 Å². The van der Waals surface area contributed by atoms with E-state index in [4.69, 9.17) is 9.47 Å². The van der Waals surface area contributed by atoms with Crippen molar-refractivity contribution in [3.8, 4) is 0 Å². The normalized spacial score (nSPS) is 11.9. The zero-order valence-electron chi connectivity index (χ0n) is 31.1. The molecule has 0 amide bonds. The summed E-state index contributed by atoms with van der Waals surface area (Å²) in [5.74, 6) is -0.0611.